The first-order valence-electron chi connectivity index (χ1n) is 8.14. The van der Waals surface area contributed by atoms with Crippen LogP contribution in [0.2, 0.25) is 0 Å². The molecule has 0 saturated carbocycles. The molecule has 2 heterocycles. The lowest BCUT2D eigenvalue weighted by atomic mass is 10.2. The van der Waals surface area contributed by atoms with E-state index in [0.717, 1.165) is 37.6 Å². The van der Waals surface area contributed by atoms with Crippen LogP contribution >= 0.6 is 0 Å². The van der Waals surface area contributed by atoms with E-state index < -0.39 is 0 Å². The predicted octanol–water partition coefficient (Wildman–Crippen LogP) is 2.49. The number of benzene rings is 1. The van der Waals surface area contributed by atoms with E-state index in [0.29, 0.717) is 5.69 Å². The zero-order valence-corrected chi connectivity index (χ0v) is 13.9. The Kier molecular flexibility index (Phi) is 5.23. The Balaban J connectivity index is 1.56. The number of hydrogen-bond acceptors (Lipinski definition) is 4. The van der Waals surface area contributed by atoms with Crippen molar-refractivity contribution < 1.29 is 4.79 Å². The summed E-state index contributed by atoms with van der Waals surface area (Å²) in [6, 6.07) is 13.6. The van der Waals surface area contributed by atoms with Crippen LogP contribution in [0.3, 0.4) is 0 Å². The van der Waals surface area contributed by atoms with Gasteiger partial charge in [-0.15, -0.1) is 0 Å². The number of amides is 1. The number of rotatable bonds is 4. The summed E-state index contributed by atoms with van der Waals surface area (Å²) in [5, 5.41) is 2.83. The highest BCUT2D eigenvalue weighted by molar-refractivity contribution is 6.01. The molecule has 1 amide bonds. The molecule has 0 spiro atoms. The minimum absolute atomic E-state index is 0.159. The van der Waals surface area contributed by atoms with Gasteiger partial charge in [0.1, 0.15) is 5.82 Å². The smallest absolute Gasteiger partial charge is 0.248 e. The van der Waals surface area contributed by atoms with Crippen LogP contribution in [-0.4, -0.2) is 49.0 Å². The number of hydrogen-bond donors (Lipinski definition) is 1. The summed E-state index contributed by atoms with van der Waals surface area (Å²) < 4.78 is 0. The summed E-state index contributed by atoms with van der Waals surface area (Å²) in [6.45, 7) is 4.05. The molecule has 0 radical (unpaired) electrons. The molecule has 1 aliphatic heterocycles. The van der Waals surface area contributed by atoms with Crippen LogP contribution in [0.4, 0.5) is 11.5 Å². The summed E-state index contributed by atoms with van der Waals surface area (Å²) in [5.41, 5.74) is 1.70. The monoisotopic (exact) mass is 322 g/mol. The van der Waals surface area contributed by atoms with E-state index in [-0.39, 0.29) is 5.91 Å². The van der Waals surface area contributed by atoms with E-state index in [4.69, 9.17) is 0 Å². The Morgan fingerprint density at radius 1 is 1.08 bits per heavy atom. The fourth-order valence-electron chi connectivity index (χ4n) is 2.60. The van der Waals surface area contributed by atoms with Gasteiger partial charge in [0.25, 0.3) is 0 Å². The number of pyridine rings is 1. The van der Waals surface area contributed by atoms with Crippen LogP contribution in [-0.2, 0) is 4.79 Å². The van der Waals surface area contributed by atoms with Crippen molar-refractivity contribution >= 4 is 23.5 Å². The van der Waals surface area contributed by atoms with Gasteiger partial charge >= 0.3 is 0 Å². The van der Waals surface area contributed by atoms with Gasteiger partial charge in [0.15, 0.2) is 0 Å². The normalized spacial score (nSPS) is 15.6. The number of likely N-dealkylation sites (N-methyl/N-ethyl adjacent to an activating group) is 1. The van der Waals surface area contributed by atoms with Gasteiger partial charge in [0, 0.05) is 32.3 Å². The van der Waals surface area contributed by atoms with E-state index >= 15 is 0 Å². The second-order valence-electron chi connectivity index (χ2n) is 5.93. The molecule has 24 heavy (non-hydrogen) atoms. The quantitative estimate of drug-likeness (QED) is 0.879. The molecule has 1 aliphatic rings. The molecule has 0 unspecified atom stereocenters. The van der Waals surface area contributed by atoms with Crippen LogP contribution in [0.1, 0.15) is 5.56 Å². The second kappa shape index (κ2) is 7.75. The van der Waals surface area contributed by atoms with Crippen molar-refractivity contribution in [1.82, 2.24) is 9.88 Å². The number of piperazine rings is 1. The fourth-order valence-corrected chi connectivity index (χ4v) is 2.60. The van der Waals surface area contributed by atoms with Crippen LogP contribution in [0.15, 0.2) is 54.7 Å². The fraction of sp³-hybridized carbons (Fsp3) is 0.263. The molecule has 124 valence electrons. The lowest BCUT2D eigenvalue weighted by molar-refractivity contribution is -0.111. The molecule has 3 rings (SSSR count). The average Bonchev–Trinajstić information content (AvgIpc) is 2.62. The van der Waals surface area contributed by atoms with Gasteiger partial charge in [-0.1, -0.05) is 30.3 Å². The van der Waals surface area contributed by atoms with E-state index in [9.17, 15) is 4.79 Å². The molecule has 5 heteroatoms. The molecule has 1 fully saturated rings. The Morgan fingerprint density at radius 3 is 2.50 bits per heavy atom. The Morgan fingerprint density at radius 2 is 1.83 bits per heavy atom. The highest BCUT2D eigenvalue weighted by Gasteiger charge is 2.14. The maximum absolute atomic E-state index is 12.0. The molecular formula is C19H22N4O. The third-order valence-electron chi connectivity index (χ3n) is 4.07. The molecule has 5 nitrogen and oxygen atoms in total. The first kappa shape index (κ1) is 16.2. The largest absolute Gasteiger partial charge is 0.354 e. The molecule has 1 aromatic heterocycles. The highest BCUT2D eigenvalue weighted by atomic mass is 16.1. The Labute approximate surface area is 142 Å². The second-order valence-corrected chi connectivity index (χ2v) is 5.93. The zero-order chi connectivity index (χ0) is 16.8. The van der Waals surface area contributed by atoms with Gasteiger partial charge < -0.3 is 15.1 Å². The van der Waals surface area contributed by atoms with Crippen LogP contribution in [0.5, 0.6) is 0 Å². The van der Waals surface area contributed by atoms with Crippen molar-refractivity contribution in [2.45, 2.75) is 0 Å². The van der Waals surface area contributed by atoms with E-state index in [1.165, 1.54) is 6.08 Å². The van der Waals surface area contributed by atoms with Gasteiger partial charge in [-0.25, -0.2) is 4.98 Å². The number of nitrogens with zero attached hydrogens (tertiary/aromatic N) is 3. The first-order valence-corrected chi connectivity index (χ1v) is 8.14. The van der Waals surface area contributed by atoms with Gasteiger partial charge in [0.2, 0.25) is 5.91 Å². The molecule has 0 aliphatic carbocycles. The number of carbonyl (C=O) groups excluding carboxylic acids is 1. The molecule has 1 N–H and O–H groups in total. The molecule has 1 saturated heterocycles. The third-order valence-corrected chi connectivity index (χ3v) is 4.07. The first-order chi connectivity index (χ1) is 11.7. The van der Waals surface area contributed by atoms with Crippen molar-refractivity contribution in [3.05, 3.63) is 60.3 Å². The predicted molar refractivity (Wildman–Crippen MR) is 98.1 cm³/mol. The minimum atomic E-state index is -0.159. The standard InChI is InChI=1S/C19H22N4O/c1-22-11-13-23(14-12-22)18-9-8-17(15-20-18)21-19(24)10-7-16-5-3-2-4-6-16/h2-10,15H,11-14H2,1H3,(H,21,24)/b10-7+. The zero-order valence-electron chi connectivity index (χ0n) is 13.9. The number of carbonyl (C=O) groups is 1. The topological polar surface area (TPSA) is 48.5 Å². The van der Waals surface area contributed by atoms with Crippen molar-refractivity contribution in [3.8, 4) is 0 Å². The number of aromatic nitrogens is 1. The van der Waals surface area contributed by atoms with Gasteiger partial charge in [-0.3, -0.25) is 4.79 Å². The molecule has 2 aromatic rings. The molecule has 0 atom stereocenters. The van der Waals surface area contributed by atoms with Crippen molar-refractivity contribution in [2.75, 3.05) is 43.4 Å². The van der Waals surface area contributed by atoms with Crippen LogP contribution < -0.4 is 10.2 Å². The van der Waals surface area contributed by atoms with Gasteiger partial charge in [0.05, 0.1) is 11.9 Å². The van der Waals surface area contributed by atoms with Crippen LogP contribution in [0, 0.1) is 0 Å². The van der Waals surface area contributed by atoms with E-state index in [1.807, 2.05) is 42.5 Å². The van der Waals surface area contributed by atoms with E-state index in [1.54, 1.807) is 12.3 Å². The summed E-state index contributed by atoms with van der Waals surface area (Å²) >= 11 is 0. The molecular weight excluding hydrogens is 300 g/mol. The molecule has 1 aromatic carbocycles. The highest BCUT2D eigenvalue weighted by Crippen LogP contribution is 2.16. The summed E-state index contributed by atoms with van der Waals surface area (Å²) in [5.74, 6) is 0.800. The lowest BCUT2D eigenvalue weighted by Gasteiger charge is -2.33. The maximum Gasteiger partial charge on any atom is 0.248 e. The Hall–Kier alpha value is -2.66. The minimum Gasteiger partial charge on any atom is -0.354 e. The SMILES string of the molecule is CN1CCN(c2ccc(NC(=O)/C=C/c3ccccc3)cn2)CC1. The average molecular weight is 322 g/mol. The Bertz CT molecular complexity index is 689. The van der Waals surface area contributed by atoms with Crippen molar-refractivity contribution in [2.24, 2.45) is 0 Å². The summed E-state index contributed by atoms with van der Waals surface area (Å²) in [4.78, 5) is 21.0. The summed E-state index contributed by atoms with van der Waals surface area (Å²) in [6.07, 6.45) is 5.03. The van der Waals surface area contributed by atoms with Crippen molar-refractivity contribution in [3.63, 3.8) is 0 Å². The van der Waals surface area contributed by atoms with Crippen LogP contribution in [0.25, 0.3) is 6.08 Å². The van der Waals surface area contributed by atoms with Crippen molar-refractivity contribution in [1.29, 1.82) is 0 Å². The van der Waals surface area contributed by atoms with E-state index in [2.05, 4.69) is 27.1 Å². The van der Waals surface area contributed by atoms with Gasteiger partial charge in [-0.05, 0) is 30.8 Å². The lowest BCUT2D eigenvalue weighted by Crippen LogP contribution is -2.44. The molecule has 0 bridgehead atoms. The third kappa shape index (κ3) is 4.43. The van der Waals surface area contributed by atoms with Gasteiger partial charge in [-0.2, -0.15) is 0 Å². The maximum atomic E-state index is 12.0. The number of anilines is 2. The number of nitrogens with one attached hydrogen (secondary N) is 1. The summed E-state index contributed by atoms with van der Waals surface area (Å²) in [7, 11) is 2.13.